The van der Waals surface area contributed by atoms with Crippen LogP contribution in [-0.2, 0) is 9.53 Å². The van der Waals surface area contributed by atoms with Crippen molar-refractivity contribution < 1.29 is 14.3 Å². The second-order valence-electron chi connectivity index (χ2n) is 8.56. The van der Waals surface area contributed by atoms with Crippen molar-refractivity contribution in [3.05, 3.63) is 35.2 Å². The minimum Gasteiger partial charge on any atom is -0.444 e. The van der Waals surface area contributed by atoms with E-state index in [1.165, 1.54) is 0 Å². The summed E-state index contributed by atoms with van der Waals surface area (Å²) in [7, 11) is 0. The molecule has 0 aromatic carbocycles. The molecule has 0 radical (unpaired) electrons. The molecule has 0 unspecified atom stereocenters. The van der Waals surface area contributed by atoms with E-state index in [0.717, 1.165) is 17.6 Å². The lowest BCUT2D eigenvalue weighted by Gasteiger charge is -2.46. The van der Waals surface area contributed by atoms with Gasteiger partial charge in [0.05, 0.1) is 6.54 Å². The Kier molecular flexibility index (Phi) is 7.27. The number of nitrogens with one attached hydrogen (secondary N) is 1. The van der Waals surface area contributed by atoms with Gasteiger partial charge in [-0.25, -0.2) is 4.79 Å². The predicted molar refractivity (Wildman–Crippen MR) is 116 cm³/mol. The van der Waals surface area contributed by atoms with Gasteiger partial charge < -0.3 is 19.9 Å². The van der Waals surface area contributed by atoms with Crippen molar-refractivity contribution in [1.82, 2.24) is 15.1 Å². The molecule has 7 nitrogen and oxygen atoms in total. The Hall–Kier alpha value is -2.57. The maximum Gasteiger partial charge on any atom is 0.410 e. The quantitative estimate of drug-likeness (QED) is 0.577. The Morgan fingerprint density at radius 3 is 2.48 bits per heavy atom. The highest BCUT2D eigenvalue weighted by Gasteiger charge is 2.36. The first-order chi connectivity index (χ1) is 13.6. The number of carbonyl (C=O) groups excluding carboxylic acids is 2. The molecule has 29 heavy (non-hydrogen) atoms. The Labute approximate surface area is 174 Å². The number of nitrogens with zero attached hydrogens (tertiary/aromatic N) is 3. The number of aldehydes is 1. The number of amidine groups is 1. The summed E-state index contributed by atoms with van der Waals surface area (Å²) in [6.45, 7) is 15.4. The zero-order valence-electron chi connectivity index (χ0n) is 18.7. The molecule has 0 aromatic heterocycles. The van der Waals surface area contributed by atoms with Gasteiger partial charge in [0.15, 0.2) is 6.29 Å². The molecule has 2 aliphatic heterocycles. The average molecular weight is 403 g/mol. The molecule has 2 aliphatic rings. The van der Waals surface area contributed by atoms with E-state index in [4.69, 9.17) is 4.74 Å². The van der Waals surface area contributed by atoms with Crippen LogP contribution < -0.4 is 5.32 Å². The van der Waals surface area contributed by atoms with E-state index in [9.17, 15) is 9.59 Å². The minimum absolute atomic E-state index is 0.0157. The highest BCUT2D eigenvalue weighted by atomic mass is 16.6. The van der Waals surface area contributed by atoms with E-state index in [1.54, 1.807) is 11.1 Å². The van der Waals surface area contributed by atoms with Crippen LogP contribution >= 0.6 is 0 Å². The minimum atomic E-state index is -0.521. The maximum atomic E-state index is 12.6. The predicted octanol–water partition coefficient (Wildman–Crippen LogP) is 3.25. The monoisotopic (exact) mass is 402 g/mol. The van der Waals surface area contributed by atoms with Crippen LogP contribution in [0.4, 0.5) is 4.79 Å². The van der Waals surface area contributed by atoms with Crippen molar-refractivity contribution in [2.75, 3.05) is 19.6 Å². The van der Waals surface area contributed by atoms with E-state index < -0.39 is 5.60 Å². The van der Waals surface area contributed by atoms with Crippen molar-refractivity contribution in [1.29, 1.82) is 0 Å². The largest absolute Gasteiger partial charge is 0.444 e. The normalized spacial score (nSPS) is 25.9. The van der Waals surface area contributed by atoms with Crippen LogP contribution in [0.1, 0.15) is 48.5 Å². The van der Waals surface area contributed by atoms with Crippen LogP contribution in [0.2, 0.25) is 0 Å². The molecule has 2 rings (SSSR count). The number of allylic oxidation sites excluding steroid dienone is 2. The second-order valence-corrected chi connectivity index (χ2v) is 8.56. The summed E-state index contributed by atoms with van der Waals surface area (Å²) in [6.07, 6.45) is 6.18. The van der Waals surface area contributed by atoms with Crippen molar-refractivity contribution in [2.45, 2.75) is 66.2 Å². The highest BCUT2D eigenvalue weighted by Crippen LogP contribution is 2.27. The van der Waals surface area contributed by atoms with Crippen LogP contribution in [0.25, 0.3) is 0 Å². The Morgan fingerprint density at radius 1 is 1.28 bits per heavy atom. The SMILES string of the molecule is C/C=C\CN=C1NC=C(C=O)/C1=C(/C)N1C[C@@H](C)N(C(=O)OC(C)(C)C)C[C@@H]1C. The molecule has 2 heterocycles. The smallest absolute Gasteiger partial charge is 0.410 e. The first-order valence-corrected chi connectivity index (χ1v) is 10.1. The first kappa shape index (κ1) is 22.7. The lowest BCUT2D eigenvalue weighted by Crippen LogP contribution is -2.58. The summed E-state index contributed by atoms with van der Waals surface area (Å²) in [5, 5.41) is 3.12. The number of amides is 1. The molecular formula is C22H34N4O3. The number of ether oxygens (including phenoxy) is 1. The van der Waals surface area contributed by atoms with Crippen LogP contribution in [0.3, 0.4) is 0 Å². The number of piperazine rings is 1. The van der Waals surface area contributed by atoms with Crippen LogP contribution in [0.15, 0.2) is 40.2 Å². The van der Waals surface area contributed by atoms with Gasteiger partial charge in [0, 0.05) is 48.2 Å². The van der Waals surface area contributed by atoms with Gasteiger partial charge in [-0.2, -0.15) is 0 Å². The van der Waals surface area contributed by atoms with Gasteiger partial charge in [-0.05, 0) is 48.5 Å². The summed E-state index contributed by atoms with van der Waals surface area (Å²) >= 11 is 0. The lowest BCUT2D eigenvalue weighted by molar-refractivity contribution is -0.104. The van der Waals surface area contributed by atoms with E-state index in [1.807, 2.05) is 53.7 Å². The third kappa shape index (κ3) is 5.49. The number of hydrogen-bond donors (Lipinski definition) is 1. The number of rotatable bonds is 4. The maximum absolute atomic E-state index is 12.6. The fourth-order valence-electron chi connectivity index (χ4n) is 3.59. The molecule has 0 aliphatic carbocycles. The number of carbonyl (C=O) groups is 2. The zero-order valence-corrected chi connectivity index (χ0v) is 18.7. The number of aliphatic imine (C=N–C) groups is 1. The van der Waals surface area contributed by atoms with E-state index in [-0.39, 0.29) is 18.2 Å². The van der Waals surface area contributed by atoms with Crippen LogP contribution in [-0.4, -0.2) is 65.3 Å². The van der Waals surface area contributed by atoms with Crippen LogP contribution in [0, 0.1) is 0 Å². The molecule has 2 atom stereocenters. The Morgan fingerprint density at radius 2 is 1.90 bits per heavy atom. The third-order valence-electron chi connectivity index (χ3n) is 5.01. The zero-order chi connectivity index (χ0) is 21.8. The van der Waals surface area contributed by atoms with Gasteiger partial charge in [0.25, 0.3) is 0 Å². The molecule has 1 N–H and O–H groups in total. The Bertz CT molecular complexity index is 759. The molecule has 0 bridgehead atoms. The van der Waals surface area contributed by atoms with Crippen LogP contribution in [0.5, 0.6) is 0 Å². The third-order valence-corrected chi connectivity index (χ3v) is 5.01. The lowest BCUT2D eigenvalue weighted by atomic mass is 10.0. The van der Waals surface area contributed by atoms with E-state index in [2.05, 4.69) is 22.1 Å². The fraction of sp³-hybridized carbons (Fsp3) is 0.591. The number of hydrogen-bond acceptors (Lipinski definition) is 5. The molecule has 0 spiro atoms. The highest BCUT2D eigenvalue weighted by molar-refractivity contribution is 6.12. The Balaban J connectivity index is 2.26. The van der Waals surface area contributed by atoms with Gasteiger partial charge >= 0.3 is 6.09 Å². The molecular weight excluding hydrogens is 368 g/mol. The van der Waals surface area contributed by atoms with Gasteiger partial charge in [-0.3, -0.25) is 9.79 Å². The molecule has 1 fully saturated rings. The molecule has 160 valence electrons. The summed E-state index contributed by atoms with van der Waals surface area (Å²) in [5.41, 5.74) is 1.88. The molecule has 0 aromatic rings. The summed E-state index contributed by atoms with van der Waals surface area (Å²) in [4.78, 5) is 32.8. The molecule has 7 heteroatoms. The molecule has 1 amide bonds. The van der Waals surface area contributed by atoms with E-state index >= 15 is 0 Å². The summed E-state index contributed by atoms with van der Waals surface area (Å²) < 4.78 is 5.56. The second kappa shape index (κ2) is 9.29. The van der Waals surface area contributed by atoms with Crippen molar-refractivity contribution in [3.63, 3.8) is 0 Å². The average Bonchev–Trinajstić information content (AvgIpc) is 3.04. The van der Waals surface area contributed by atoms with Gasteiger partial charge in [0.1, 0.15) is 11.4 Å². The molecule has 1 saturated heterocycles. The summed E-state index contributed by atoms with van der Waals surface area (Å²) in [6, 6.07) is 0.0644. The van der Waals surface area contributed by atoms with Gasteiger partial charge in [-0.15, -0.1) is 0 Å². The standard InChI is InChI=1S/C22H34N4O3/c1-8-9-10-23-20-19(18(14-27)11-24-20)17(4)25-12-16(3)26(13-15(25)2)21(28)29-22(5,6)7/h8-9,11,14-16H,10,12-13H2,1-7H3,(H,23,24)/b9-8-,19-17+/t15-,16+/m0/s1. The fourth-order valence-corrected chi connectivity index (χ4v) is 3.59. The van der Waals surface area contributed by atoms with Gasteiger partial charge in [-0.1, -0.05) is 12.2 Å². The topological polar surface area (TPSA) is 74.2 Å². The van der Waals surface area contributed by atoms with Crippen molar-refractivity contribution in [3.8, 4) is 0 Å². The summed E-state index contributed by atoms with van der Waals surface area (Å²) in [5.74, 6) is 0.706. The first-order valence-electron chi connectivity index (χ1n) is 10.1. The molecule has 0 saturated carbocycles. The van der Waals surface area contributed by atoms with Gasteiger partial charge in [0.2, 0.25) is 0 Å². The van der Waals surface area contributed by atoms with Crippen molar-refractivity contribution in [2.24, 2.45) is 4.99 Å². The van der Waals surface area contributed by atoms with E-state index in [0.29, 0.717) is 31.0 Å². The van der Waals surface area contributed by atoms with Crippen molar-refractivity contribution >= 4 is 18.2 Å².